The molecule has 0 bridgehead atoms. The average molecular weight is 306 g/mol. The first-order valence-corrected chi connectivity index (χ1v) is 8.08. The Labute approximate surface area is 124 Å². The van der Waals surface area contributed by atoms with Crippen LogP contribution in [0.1, 0.15) is 17.7 Å². The monoisotopic (exact) mass is 305 g/mol. The van der Waals surface area contributed by atoms with Crippen LogP contribution in [-0.2, 0) is 11.3 Å². The summed E-state index contributed by atoms with van der Waals surface area (Å²) in [4.78, 5) is 3.70. The van der Waals surface area contributed by atoms with E-state index in [9.17, 15) is 0 Å². The Bertz CT molecular complexity index is 377. The lowest BCUT2D eigenvalue weighted by Gasteiger charge is -2.38. The molecule has 0 unspecified atom stereocenters. The summed E-state index contributed by atoms with van der Waals surface area (Å²) in [7, 11) is 2.17. The van der Waals surface area contributed by atoms with E-state index < -0.39 is 0 Å². The molecule has 1 aliphatic rings. The van der Waals surface area contributed by atoms with Gasteiger partial charge in [-0.3, -0.25) is 0 Å². The minimum Gasteiger partial charge on any atom is -0.381 e. The van der Waals surface area contributed by atoms with Gasteiger partial charge < -0.3 is 9.64 Å². The predicted octanol–water partition coefficient (Wildman–Crippen LogP) is 3.56. The third-order valence-corrected chi connectivity index (χ3v) is 5.44. The molecular formula is C13H20ClNOS2. The number of thiol groups is 1. The van der Waals surface area contributed by atoms with Crippen LogP contribution in [0, 0.1) is 5.41 Å². The van der Waals surface area contributed by atoms with Crippen LogP contribution in [0.4, 0.5) is 0 Å². The fourth-order valence-corrected chi connectivity index (χ4v) is 4.09. The molecule has 0 aliphatic carbocycles. The average Bonchev–Trinajstić information content (AvgIpc) is 2.75. The second kappa shape index (κ2) is 6.62. The van der Waals surface area contributed by atoms with Gasteiger partial charge in [-0.2, -0.15) is 12.6 Å². The summed E-state index contributed by atoms with van der Waals surface area (Å²) in [5.74, 6) is 0.936. The first kappa shape index (κ1) is 14.7. The lowest BCUT2D eigenvalue weighted by Crippen LogP contribution is -2.41. The summed E-state index contributed by atoms with van der Waals surface area (Å²) in [5.41, 5.74) is 0.317. The van der Waals surface area contributed by atoms with Crippen LogP contribution in [0.3, 0.4) is 0 Å². The lowest BCUT2D eigenvalue weighted by molar-refractivity contribution is 0.0107. The minimum atomic E-state index is 0.317. The molecule has 2 heterocycles. The van der Waals surface area contributed by atoms with Gasteiger partial charge in [-0.05, 0) is 43.2 Å². The molecule has 1 aliphatic heterocycles. The summed E-state index contributed by atoms with van der Waals surface area (Å²) in [6.45, 7) is 3.79. The maximum Gasteiger partial charge on any atom is 0.0931 e. The number of rotatable bonds is 5. The van der Waals surface area contributed by atoms with E-state index in [4.69, 9.17) is 16.3 Å². The van der Waals surface area contributed by atoms with Gasteiger partial charge in [0.05, 0.1) is 4.34 Å². The van der Waals surface area contributed by atoms with Gasteiger partial charge in [0.25, 0.3) is 0 Å². The third-order valence-electron chi connectivity index (χ3n) is 3.55. The molecule has 1 aromatic heterocycles. The van der Waals surface area contributed by atoms with E-state index in [1.807, 2.05) is 6.07 Å². The molecule has 1 saturated heterocycles. The third kappa shape index (κ3) is 3.87. The summed E-state index contributed by atoms with van der Waals surface area (Å²) >= 11 is 12.2. The minimum absolute atomic E-state index is 0.317. The number of halogens is 1. The van der Waals surface area contributed by atoms with Crippen molar-refractivity contribution in [3.63, 3.8) is 0 Å². The molecule has 2 nitrogen and oxygen atoms in total. The Kier molecular flexibility index (Phi) is 5.39. The van der Waals surface area contributed by atoms with Gasteiger partial charge in [-0.25, -0.2) is 0 Å². The van der Waals surface area contributed by atoms with Gasteiger partial charge >= 0.3 is 0 Å². The highest BCUT2D eigenvalue weighted by Gasteiger charge is 2.32. The fraction of sp³-hybridized carbons (Fsp3) is 0.692. The lowest BCUT2D eigenvalue weighted by atomic mass is 9.81. The van der Waals surface area contributed by atoms with E-state index in [-0.39, 0.29) is 0 Å². The maximum atomic E-state index is 5.96. The standard InChI is InChI=1S/C13H20ClNOS2/c1-15(8-11-2-3-12(14)18-11)9-13(10-17)4-6-16-7-5-13/h2-3,17H,4-10H2,1H3. The molecule has 0 radical (unpaired) electrons. The van der Waals surface area contributed by atoms with Crippen LogP contribution in [0.15, 0.2) is 12.1 Å². The van der Waals surface area contributed by atoms with Crippen LogP contribution in [0.2, 0.25) is 4.34 Å². The summed E-state index contributed by atoms with van der Waals surface area (Å²) in [6, 6.07) is 4.08. The summed E-state index contributed by atoms with van der Waals surface area (Å²) in [6.07, 6.45) is 2.23. The van der Waals surface area contributed by atoms with Crippen molar-refractivity contribution in [2.45, 2.75) is 19.4 Å². The zero-order chi connectivity index (χ0) is 13.0. The van der Waals surface area contributed by atoms with E-state index in [2.05, 4.69) is 30.6 Å². The van der Waals surface area contributed by atoms with Crippen molar-refractivity contribution < 1.29 is 4.74 Å². The Hall–Kier alpha value is 0.260. The number of nitrogens with zero attached hydrogens (tertiary/aromatic N) is 1. The van der Waals surface area contributed by atoms with Gasteiger partial charge in [0.1, 0.15) is 0 Å². The molecule has 0 N–H and O–H groups in total. The van der Waals surface area contributed by atoms with E-state index >= 15 is 0 Å². The van der Waals surface area contributed by atoms with Crippen molar-refractivity contribution in [2.75, 3.05) is 32.6 Å². The van der Waals surface area contributed by atoms with Crippen molar-refractivity contribution in [3.05, 3.63) is 21.3 Å². The van der Waals surface area contributed by atoms with Gasteiger partial charge in [0, 0.05) is 31.2 Å². The van der Waals surface area contributed by atoms with Gasteiger partial charge in [0.2, 0.25) is 0 Å². The van der Waals surface area contributed by atoms with Crippen LogP contribution in [0.5, 0.6) is 0 Å². The number of hydrogen-bond donors (Lipinski definition) is 1. The Balaban J connectivity index is 1.90. The Morgan fingerprint density at radius 1 is 1.44 bits per heavy atom. The largest absolute Gasteiger partial charge is 0.381 e. The number of ether oxygens (including phenoxy) is 1. The molecule has 5 heteroatoms. The van der Waals surface area contributed by atoms with Crippen molar-refractivity contribution in [1.82, 2.24) is 4.90 Å². The second-order valence-corrected chi connectivity index (χ2v) is 7.26. The Morgan fingerprint density at radius 3 is 2.72 bits per heavy atom. The number of thiophene rings is 1. The normalized spacial score (nSPS) is 19.3. The van der Waals surface area contributed by atoms with Crippen LogP contribution in [-0.4, -0.2) is 37.5 Å². The quantitative estimate of drug-likeness (QED) is 0.835. The Morgan fingerprint density at radius 2 is 2.17 bits per heavy atom. The predicted molar refractivity (Wildman–Crippen MR) is 82.0 cm³/mol. The van der Waals surface area contributed by atoms with Crippen molar-refractivity contribution in [2.24, 2.45) is 5.41 Å². The van der Waals surface area contributed by atoms with E-state index in [0.29, 0.717) is 5.41 Å². The summed E-state index contributed by atoms with van der Waals surface area (Å²) < 4.78 is 6.33. The second-order valence-electron chi connectivity index (χ2n) is 5.15. The van der Waals surface area contributed by atoms with E-state index in [1.165, 1.54) is 4.88 Å². The SMILES string of the molecule is CN(Cc1ccc(Cl)s1)CC1(CS)CCOCC1. The number of hydrogen-bond acceptors (Lipinski definition) is 4. The molecule has 1 fully saturated rings. The molecule has 0 amide bonds. The van der Waals surface area contributed by atoms with Crippen molar-refractivity contribution in [1.29, 1.82) is 0 Å². The zero-order valence-electron chi connectivity index (χ0n) is 10.7. The molecule has 1 aromatic rings. The topological polar surface area (TPSA) is 12.5 Å². The van der Waals surface area contributed by atoms with Crippen LogP contribution in [0.25, 0.3) is 0 Å². The van der Waals surface area contributed by atoms with E-state index in [1.54, 1.807) is 11.3 Å². The highest BCUT2D eigenvalue weighted by atomic mass is 35.5. The fourth-order valence-electron chi connectivity index (χ4n) is 2.50. The highest BCUT2D eigenvalue weighted by molar-refractivity contribution is 7.80. The zero-order valence-corrected chi connectivity index (χ0v) is 13.2. The van der Waals surface area contributed by atoms with E-state index in [0.717, 1.165) is 49.2 Å². The first-order chi connectivity index (χ1) is 8.63. The van der Waals surface area contributed by atoms with Crippen LogP contribution < -0.4 is 0 Å². The molecular weight excluding hydrogens is 286 g/mol. The molecule has 0 atom stereocenters. The molecule has 102 valence electrons. The molecule has 0 saturated carbocycles. The maximum absolute atomic E-state index is 5.96. The van der Waals surface area contributed by atoms with Gasteiger partial charge in [-0.1, -0.05) is 11.6 Å². The van der Waals surface area contributed by atoms with Gasteiger partial charge in [-0.15, -0.1) is 11.3 Å². The van der Waals surface area contributed by atoms with Gasteiger partial charge in [0.15, 0.2) is 0 Å². The van der Waals surface area contributed by atoms with Crippen LogP contribution >= 0.6 is 35.6 Å². The summed E-state index contributed by atoms with van der Waals surface area (Å²) in [5, 5.41) is 0. The van der Waals surface area contributed by atoms with Crippen molar-refractivity contribution in [3.8, 4) is 0 Å². The first-order valence-electron chi connectivity index (χ1n) is 6.25. The van der Waals surface area contributed by atoms with Crippen molar-refractivity contribution >= 4 is 35.6 Å². The molecule has 18 heavy (non-hydrogen) atoms. The molecule has 2 rings (SSSR count). The molecule has 0 spiro atoms. The smallest absolute Gasteiger partial charge is 0.0931 e. The highest BCUT2D eigenvalue weighted by Crippen LogP contribution is 2.33. The molecule has 0 aromatic carbocycles.